The summed E-state index contributed by atoms with van der Waals surface area (Å²) < 4.78 is 10.5. The lowest BCUT2D eigenvalue weighted by atomic mass is 10.5. The van der Waals surface area contributed by atoms with Gasteiger partial charge in [-0.25, -0.2) is 4.79 Å². The van der Waals surface area contributed by atoms with Crippen LogP contribution in [0.4, 0.5) is 4.79 Å². The molecule has 0 heterocycles. The molecule has 0 spiro atoms. The molecule has 7 heteroatoms. The lowest BCUT2D eigenvalue weighted by Crippen LogP contribution is -2.38. The van der Waals surface area contributed by atoms with E-state index in [1.54, 1.807) is 6.92 Å². The van der Waals surface area contributed by atoms with Crippen molar-refractivity contribution in [3.05, 3.63) is 0 Å². The molecule has 1 atom stereocenters. The molecule has 0 saturated carbocycles. The number of carbonyl (C=O) groups excluding carboxylic acids is 1. The standard InChI is InChI=1S/C4H11N2O4P/c1-2-3(6-4(5)7)11(8,9)10/h3H,2H2,1H3,(H3,5,6,7)(H2,8,9,10). The zero-order valence-corrected chi connectivity index (χ0v) is 6.91. The quantitative estimate of drug-likeness (QED) is 0.443. The summed E-state index contributed by atoms with van der Waals surface area (Å²) in [5.74, 6) is -1.17. The molecule has 6 nitrogen and oxygen atoms in total. The first-order valence-electron chi connectivity index (χ1n) is 2.99. The van der Waals surface area contributed by atoms with Crippen molar-refractivity contribution in [3.63, 3.8) is 0 Å². The second kappa shape index (κ2) is 3.71. The van der Waals surface area contributed by atoms with Gasteiger partial charge in [0.2, 0.25) is 0 Å². The van der Waals surface area contributed by atoms with E-state index in [-0.39, 0.29) is 6.42 Å². The molecule has 0 aliphatic heterocycles. The van der Waals surface area contributed by atoms with Crippen molar-refractivity contribution in [2.24, 2.45) is 5.73 Å². The topological polar surface area (TPSA) is 113 Å². The van der Waals surface area contributed by atoms with Crippen LogP contribution in [0.5, 0.6) is 0 Å². The minimum atomic E-state index is -4.24. The molecule has 0 bridgehead atoms. The van der Waals surface area contributed by atoms with Gasteiger partial charge in [-0.05, 0) is 6.42 Å². The molecule has 0 aromatic heterocycles. The first-order chi connectivity index (χ1) is 4.88. The Hall–Kier alpha value is -0.580. The smallest absolute Gasteiger partial charge is 0.347 e. The van der Waals surface area contributed by atoms with Crippen LogP contribution in [0.2, 0.25) is 0 Å². The molecule has 0 aromatic carbocycles. The molecule has 0 aliphatic rings. The summed E-state index contributed by atoms with van der Waals surface area (Å²) in [6.07, 6.45) is 0.146. The predicted molar refractivity (Wildman–Crippen MR) is 38.8 cm³/mol. The number of amides is 2. The summed E-state index contributed by atoms with van der Waals surface area (Å²) in [6.45, 7) is 1.54. The number of hydrogen-bond donors (Lipinski definition) is 4. The van der Waals surface area contributed by atoms with Crippen LogP contribution in [0.3, 0.4) is 0 Å². The van der Waals surface area contributed by atoms with Gasteiger partial charge in [-0.1, -0.05) is 6.92 Å². The number of rotatable bonds is 3. The maximum atomic E-state index is 10.5. The average Bonchev–Trinajstić information content (AvgIpc) is 1.79. The number of urea groups is 1. The summed E-state index contributed by atoms with van der Waals surface area (Å²) in [5, 5.41) is 1.95. The number of primary amides is 1. The molecule has 0 aromatic rings. The van der Waals surface area contributed by atoms with Crippen molar-refractivity contribution in [1.82, 2.24) is 5.32 Å². The number of hydrogen-bond acceptors (Lipinski definition) is 2. The zero-order valence-electron chi connectivity index (χ0n) is 6.02. The second-order valence-electron chi connectivity index (χ2n) is 2.02. The molecule has 0 saturated heterocycles. The fourth-order valence-electron chi connectivity index (χ4n) is 0.588. The monoisotopic (exact) mass is 182 g/mol. The van der Waals surface area contributed by atoms with Gasteiger partial charge in [0.1, 0.15) is 5.78 Å². The normalized spacial score (nSPS) is 14.1. The molecule has 0 fully saturated rings. The van der Waals surface area contributed by atoms with Gasteiger partial charge in [0.15, 0.2) is 0 Å². The summed E-state index contributed by atoms with van der Waals surface area (Å²) in [5.41, 5.74) is 4.67. The first kappa shape index (κ1) is 10.4. The van der Waals surface area contributed by atoms with Crippen molar-refractivity contribution in [3.8, 4) is 0 Å². The van der Waals surface area contributed by atoms with E-state index in [1.165, 1.54) is 0 Å². The third-order valence-corrected chi connectivity index (χ3v) is 2.41. The average molecular weight is 182 g/mol. The molecular formula is C4H11N2O4P. The van der Waals surface area contributed by atoms with Gasteiger partial charge in [0.25, 0.3) is 0 Å². The summed E-state index contributed by atoms with van der Waals surface area (Å²) in [6, 6.07) is -0.930. The van der Waals surface area contributed by atoms with E-state index in [9.17, 15) is 9.36 Å². The van der Waals surface area contributed by atoms with Crippen molar-refractivity contribution in [2.75, 3.05) is 0 Å². The van der Waals surface area contributed by atoms with E-state index in [0.717, 1.165) is 0 Å². The second-order valence-corrected chi connectivity index (χ2v) is 3.82. The summed E-state index contributed by atoms with van der Waals surface area (Å²) in [7, 11) is -4.24. The zero-order chi connectivity index (χ0) is 9.07. The van der Waals surface area contributed by atoms with E-state index in [2.05, 4.69) is 5.73 Å². The van der Waals surface area contributed by atoms with Gasteiger partial charge in [0.05, 0.1) is 0 Å². The Bertz CT molecular complexity index is 189. The van der Waals surface area contributed by atoms with Crippen LogP contribution >= 0.6 is 7.60 Å². The molecule has 0 aliphatic carbocycles. The van der Waals surface area contributed by atoms with Gasteiger partial charge < -0.3 is 20.8 Å². The summed E-state index contributed by atoms with van der Waals surface area (Å²) >= 11 is 0. The Morgan fingerprint density at radius 1 is 1.73 bits per heavy atom. The molecule has 0 rings (SSSR count). The van der Waals surface area contributed by atoms with Crippen LogP contribution < -0.4 is 11.1 Å². The van der Waals surface area contributed by atoms with Crippen LogP contribution in [0, 0.1) is 0 Å². The number of nitrogens with two attached hydrogens (primary N) is 1. The lowest BCUT2D eigenvalue weighted by molar-refractivity contribution is 0.245. The highest BCUT2D eigenvalue weighted by atomic mass is 31.2. The largest absolute Gasteiger partial charge is 0.352 e. The van der Waals surface area contributed by atoms with E-state index >= 15 is 0 Å². The Morgan fingerprint density at radius 3 is 2.27 bits per heavy atom. The minimum Gasteiger partial charge on any atom is -0.352 e. The van der Waals surface area contributed by atoms with Gasteiger partial charge in [-0.15, -0.1) is 0 Å². The highest BCUT2D eigenvalue weighted by Gasteiger charge is 2.27. The molecule has 0 radical (unpaired) electrons. The van der Waals surface area contributed by atoms with Crippen molar-refractivity contribution < 1.29 is 19.1 Å². The van der Waals surface area contributed by atoms with Crippen LogP contribution in [0.15, 0.2) is 0 Å². The molecule has 11 heavy (non-hydrogen) atoms. The van der Waals surface area contributed by atoms with Crippen molar-refractivity contribution in [1.29, 1.82) is 0 Å². The maximum absolute atomic E-state index is 10.5. The third kappa shape index (κ3) is 3.98. The van der Waals surface area contributed by atoms with Gasteiger partial charge in [-0.3, -0.25) is 4.57 Å². The van der Waals surface area contributed by atoms with E-state index < -0.39 is 19.4 Å². The number of nitrogens with one attached hydrogen (secondary N) is 1. The van der Waals surface area contributed by atoms with Crippen LogP contribution in [-0.4, -0.2) is 21.6 Å². The number of carbonyl (C=O) groups is 1. The van der Waals surface area contributed by atoms with Crippen molar-refractivity contribution >= 4 is 13.6 Å². The van der Waals surface area contributed by atoms with Crippen LogP contribution in [-0.2, 0) is 4.57 Å². The van der Waals surface area contributed by atoms with Gasteiger partial charge in [0, 0.05) is 0 Å². The highest BCUT2D eigenvalue weighted by Crippen LogP contribution is 2.40. The Labute approximate surface area is 63.9 Å². The van der Waals surface area contributed by atoms with Crippen LogP contribution in [0.25, 0.3) is 0 Å². The summed E-state index contributed by atoms with van der Waals surface area (Å²) in [4.78, 5) is 27.3. The van der Waals surface area contributed by atoms with E-state index in [1.807, 2.05) is 5.32 Å². The molecule has 66 valence electrons. The van der Waals surface area contributed by atoms with Gasteiger partial charge >= 0.3 is 13.6 Å². The molecular weight excluding hydrogens is 171 g/mol. The highest BCUT2D eigenvalue weighted by molar-refractivity contribution is 7.52. The minimum absolute atomic E-state index is 0.146. The first-order valence-corrected chi connectivity index (χ1v) is 4.67. The molecule has 5 N–H and O–H groups in total. The fraction of sp³-hybridized carbons (Fsp3) is 0.750. The van der Waals surface area contributed by atoms with E-state index in [4.69, 9.17) is 9.79 Å². The Balaban J connectivity index is 4.19. The molecule has 1 unspecified atom stereocenters. The molecule has 2 amide bonds. The fourth-order valence-corrected chi connectivity index (χ4v) is 1.36. The maximum Gasteiger partial charge on any atom is 0.347 e. The van der Waals surface area contributed by atoms with Gasteiger partial charge in [-0.2, -0.15) is 0 Å². The SMILES string of the molecule is CCC(NC(N)=O)P(=O)(O)O. The van der Waals surface area contributed by atoms with E-state index in [0.29, 0.717) is 0 Å². The lowest BCUT2D eigenvalue weighted by Gasteiger charge is -2.16. The third-order valence-electron chi connectivity index (χ3n) is 1.10. The predicted octanol–water partition coefficient (Wildman–Crippen LogP) is -0.431. The Kier molecular flexibility index (Phi) is 3.51. The van der Waals surface area contributed by atoms with Crippen molar-refractivity contribution in [2.45, 2.75) is 19.1 Å². The Morgan fingerprint density at radius 2 is 2.18 bits per heavy atom. The van der Waals surface area contributed by atoms with Crippen LogP contribution in [0.1, 0.15) is 13.3 Å².